The maximum absolute atomic E-state index is 13.7. The van der Waals surface area contributed by atoms with Gasteiger partial charge in [-0.3, -0.25) is 0 Å². The van der Waals surface area contributed by atoms with Crippen molar-refractivity contribution in [2.45, 2.75) is 108 Å². The SMILES string of the molecule is C[C@H]1OCC2(CCNCC2)[C@@H]1N[S@@](=O)C(C)(C)CN1CCC2(CC1)CO[C@H](C)[C@@H]2N[S@@](=O)C(C)(C)C. The molecule has 2 spiro atoms. The van der Waals surface area contributed by atoms with Gasteiger partial charge in [0.25, 0.3) is 0 Å². The van der Waals surface area contributed by atoms with E-state index in [2.05, 4.69) is 47.4 Å². The quantitative estimate of drug-likeness (QED) is 0.453. The van der Waals surface area contributed by atoms with E-state index in [1.54, 1.807) is 0 Å². The van der Waals surface area contributed by atoms with E-state index >= 15 is 0 Å². The molecule has 0 saturated carbocycles. The summed E-state index contributed by atoms with van der Waals surface area (Å²) in [6.45, 7) is 20.6. The van der Waals surface area contributed by atoms with Crippen LogP contribution in [-0.4, -0.2) is 93.0 Å². The van der Waals surface area contributed by atoms with Gasteiger partial charge in [-0.05, 0) is 100 Å². The Morgan fingerprint density at radius 2 is 1.31 bits per heavy atom. The standard InChI is InChI=1S/C26H50N4O4S2/c1-19-21(25(17-33-19)8-12-27-13-9-25)29-36(32)24(6,7)16-30-14-10-26(11-15-30)18-34-20(2)22(26)28-35(31)23(3,4)5/h19-22,27-29H,8-18H2,1-7H3/t19-,20-,21-,22+,35+,36+/m1/s1. The van der Waals surface area contributed by atoms with Gasteiger partial charge >= 0.3 is 0 Å². The average Bonchev–Trinajstić information content (AvgIpc) is 3.27. The Balaban J connectivity index is 1.34. The zero-order chi connectivity index (χ0) is 26.4. The largest absolute Gasteiger partial charge is 0.376 e. The molecule has 0 aromatic carbocycles. The lowest BCUT2D eigenvalue weighted by Gasteiger charge is -2.45. The highest BCUT2D eigenvalue weighted by Crippen LogP contribution is 2.44. The zero-order valence-electron chi connectivity index (χ0n) is 23.5. The first-order chi connectivity index (χ1) is 16.8. The number of nitrogens with one attached hydrogen (secondary N) is 3. The molecule has 0 aromatic rings. The van der Waals surface area contributed by atoms with Gasteiger partial charge in [-0.1, -0.05) is 0 Å². The van der Waals surface area contributed by atoms with Crippen molar-refractivity contribution in [2.24, 2.45) is 10.8 Å². The highest BCUT2D eigenvalue weighted by atomic mass is 32.2. The molecule has 0 unspecified atom stereocenters. The Morgan fingerprint density at radius 1 is 0.833 bits per heavy atom. The normalized spacial score (nSPS) is 34.9. The van der Waals surface area contributed by atoms with Crippen LogP contribution in [0.4, 0.5) is 0 Å². The second-order valence-corrected chi connectivity index (χ2v) is 17.3. The summed E-state index contributed by atoms with van der Waals surface area (Å²) in [5, 5.41) is 3.46. The fourth-order valence-electron chi connectivity index (χ4n) is 6.56. The Morgan fingerprint density at radius 3 is 1.81 bits per heavy atom. The lowest BCUT2D eigenvalue weighted by atomic mass is 9.73. The molecule has 4 fully saturated rings. The number of likely N-dealkylation sites (tertiary alicyclic amines) is 1. The second-order valence-electron chi connectivity index (χ2n) is 13.4. The lowest BCUT2D eigenvalue weighted by molar-refractivity contribution is 0.0645. The molecule has 8 nitrogen and oxygen atoms in total. The Bertz CT molecular complexity index is 814. The van der Waals surface area contributed by atoms with Crippen LogP contribution in [0.1, 0.15) is 74.1 Å². The van der Waals surface area contributed by atoms with Gasteiger partial charge in [0.1, 0.15) is 0 Å². The smallest absolute Gasteiger partial charge is 0.0989 e. The average molecular weight is 547 g/mol. The van der Waals surface area contributed by atoms with Crippen LogP contribution in [-0.2, 0) is 31.4 Å². The van der Waals surface area contributed by atoms with E-state index in [1.165, 1.54) is 0 Å². The number of ether oxygens (including phenoxy) is 2. The Labute approximate surface area is 223 Å². The molecule has 0 amide bonds. The first-order valence-electron chi connectivity index (χ1n) is 13.8. The van der Waals surface area contributed by atoms with Crippen molar-refractivity contribution in [2.75, 3.05) is 45.9 Å². The minimum absolute atomic E-state index is 0.0103. The molecule has 0 aliphatic carbocycles. The predicted octanol–water partition coefficient (Wildman–Crippen LogP) is 2.10. The molecule has 3 N–H and O–H groups in total. The van der Waals surface area contributed by atoms with E-state index in [1.807, 2.05) is 20.8 Å². The van der Waals surface area contributed by atoms with Gasteiger partial charge in [0.2, 0.25) is 0 Å². The van der Waals surface area contributed by atoms with Crippen LogP contribution in [0.15, 0.2) is 0 Å². The van der Waals surface area contributed by atoms with E-state index in [4.69, 9.17) is 9.47 Å². The molecule has 6 atom stereocenters. The molecular formula is C26H50N4O4S2. The van der Waals surface area contributed by atoms with E-state index in [0.717, 1.165) is 65.0 Å². The summed E-state index contributed by atoms with van der Waals surface area (Å²) in [5.41, 5.74) is 0.0959. The molecular weight excluding hydrogens is 496 g/mol. The van der Waals surface area contributed by atoms with Gasteiger partial charge in [-0.25, -0.2) is 17.9 Å². The molecule has 36 heavy (non-hydrogen) atoms. The van der Waals surface area contributed by atoms with E-state index in [-0.39, 0.29) is 44.6 Å². The van der Waals surface area contributed by atoms with Crippen LogP contribution in [0.3, 0.4) is 0 Å². The molecule has 0 bridgehead atoms. The Kier molecular flexibility index (Phi) is 8.80. The summed E-state index contributed by atoms with van der Waals surface area (Å²) in [6.07, 6.45) is 4.25. The second kappa shape index (κ2) is 10.9. The van der Waals surface area contributed by atoms with Gasteiger partial charge < -0.3 is 19.7 Å². The van der Waals surface area contributed by atoms with E-state index in [9.17, 15) is 8.42 Å². The van der Waals surface area contributed by atoms with Crippen LogP contribution in [0.5, 0.6) is 0 Å². The summed E-state index contributed by atoms with van der Waals surface area (Å²) in [4.78, 5) is 2.46. The Hall–Kier alpha value is 0.0600. The first kappa shape index (κ1) is 29.1. The number of hydrogen-bond donors (Lipinski definition) is 3. The predicted molar refractivity (Wildman–Crippen MR) is 147 cm³/mol. The third-order valence-corrected chi connectivity index (χ3v) is 12.3. The van der Waals surface area contributed by atoms with Crippen molar-refractivity contribution >= 4 is 22.0 Å². The van der Waals surface area contributed by atoms with Crippen LogP contribution >= 0.6 is 0 Å². The minimum Gasteiger partial charge on any atom is -0.376 e. The summed E-state index contributed by atoms with van der Waals surface area (Å²) in [5.74, 6) is 0. The van der Waals surface area contributed by atoms with Crippen molar-refractivity contribution in [1.82, 2.24) is 19.7 Å². The van der Waals surface area contributed by atoms with Crippen molar-refractivity contribution in [3.8, 4) is 0 Å². The van der Waals surface area contributed by atoms with Crippen LogP contribution in [0, 0.1) is 10.8 Å². The number of nitrogens with zero attached hydrogens (tertiary/aromatic N) is 1. The lowest BCUT2D eigenvalue weighted by Crippen LogP contribution is -2.58. The molecule has 0 radical (unpaired) electrons. The first-order valence-corrected chi connectivity index (χ1v) is 16.1. The fraction of sp³-hybridized carbons (Fsp3) is 1.00. The molecule has 4 rings (SSSR count). The summed E-state index contributed by atoms with van der Waals surface area (Å²) >= 11 is 0. The molecule has 0 aromatic heterocycles. The van der Waals surface area contributed by atoms with Gasteiger partial charge in [0, 0.05) is 17.4 Å². The monoisotopic (exact) mass is 546 g/mol. The summed E-state index contributed by atoms with van der Waals surface area (Å²) < 4.78 is 45.0. The zero-order valence-corrected chi connectivity index (χ0v) is 25.1. The maximum atomic E-state index is 13.7. The van der Waals surface area contributed by atoms with Crippen LogP contribution in [0.2, 0.25) is 0 Å². The maximum Gasteiger partial charge on any atom is 0.0989 e. The fourth-order valence-corrected chi connectivity index (χ4v) is 8.88. The third-order valence-electron chi connectivity index (χ3n) is 9.11. The minimum atomic E-state index is -1.18. The molecule has 4 saturated heterocycles. The highest BCUT2D eigenvalue weighted by Gasteiger charge is 2.52. The van der Waals surface area contributed by atoms with E-state index in [0.29, 0.717) is 6.61 Å². The van der Waals surface area contributed by atoms with Crippen molar-refractivity contribution in [3.05, 3.63) is 0 Å². The molecule has 4 heterocycles. The van der Waals surface area contributed by atoms with Gasteiger partial charge in [-0.15, -0.1) is 0 Å². The van der Waals surface area contributed by atoms with Gasteiger partial charge in [0.05, 0.1) is 69.0 Å². The van der Waals surface area contributed by atoms with E-state index < -0.39 is 22.0 Å². The van der Waals surface area contributed by atoms with Gasteiger partial charge in [-0.2, -0.15) is 0 Å². The molecule has 10 heteroatoms. The number of piperidine rings is 2. The van der Waals surface area contributed by atoms with Crippen molar-refractivity contribution in [3.63, 3.8) is 0 Å². The number of hydrogen-bond acceptors (Lipinski definition) is 6. The molecule has 210 valence electrons. The van der Waals surface area contributed by atoms with Crippen LogP contribution < -0.4 is 14.8 Å². The summed E-state index contributed by atoms with van der Waals surface area (Å²) in [7, 11) is -2.30. The molecule has 4 aliphatic heterocycles. The van der Waals surface area contributed by atoms with Crippen LogP contribution in [0.25, 0.3) is 0 Å². The summed E-state index contributed by atoms with van der Waals surface area (Å²) in [6, 6.07) is 0.213. The molecule has 4 aliphatic rings. The third kappa shape index (κ3) is 5.96. The van der Waals surface area contributed by atoms with Crippen molar-refractivity contribution < 1.29 is 17.9 Å². The highest BCUT2D eigenvalue weighted by molar-refractivity contribution is 7.84. The van der Waals surface area contributed by atoms with Crippen molar-refractivity contribution in [1.29, 1.82) is 0 Å². The van der Waals surface area contributed by atoms with Gasteiger partial charge in [0.15, 0.2) is 0 Å². The topological polar surface area (TPSA) is 91.9 Å². The number of rotatable bonds is 7.